The van der Waals surface area contributed by atoms with Gasteiger partial charge >= 0.3 is 0 Å². The Morgan fingerprint density at radius 2 is 1.00 bits per heavy atom. The van der Waals surface area contributed by atoms with Gasteiger partial charge in [-0.1, -0.05) is 172 Å². The summed E-state index contributed by atoms with van der Waals surface area (Å²) in [4.78, 5) is 2.45. The molecular formula is C53H42N2. The Labute approximate surface area is 323 Å². The molecule has 2 heteroatoms. The Morgan fingerprint density at radius 1 is 0.455 bits per heavy atom. The fourth-order valence-electron chi connectivity index (χ4n) is 9.15. The van der Waals surface area contributed by atoms with Crippen LogP contribution >= 0.6 is 0 Å². The number of benzene rings is 8. The number of hydrogen-bond donors (Lipinski definition) is 0. The maximum atomic E-state index is 2.46. The van der Waals surface area contributed by atoms with Gasteiger partial charge in [0.05, 0.1) is 22.1 Å². The lowest BCUT2D eigenvalue weighted by Gasteiger charge is -2.35. The molecule has 0 aliphatic heterocycles. The van der Waals surface area contributed by atoms with Crippen molar-refractivity contribution >= 4 is 38.9 Å². The molecule has 1 aromatic heterocycles. The van der Waals surface area contributed by atoms with Crippen molar-refractivity contribution in [3.05, 3.63) is 228 Å². The van der Waals surface area contributed by atoms with E-state index in [9.17, 15) is 0 Å². The van der Waals surface area contributed by atoms with Gasteiger partial charge in [0.25, 0.3) is 0 Å². The van der Waals surface area contributed by atoms with E-state index in [1.807, 2.05) is 0 Å². The number of fused-ring (bicyclic) bond motifs is 6. The molecule has 0 radical (unpaired) electrons. The molecule has 1 aliphatic carbocycles. The highest BCUT2D eigenvalue weighted by Gasteiger charge is 2.46. The molecule has 264 valence electrons. The maximum Gasteiger partial charge on any atom is 0.0782 e. The minimum atomic E-state index is -0.497. The van der Waals surface area contributed by atoms with Crippen LogP contribution in [0.2, 0.25) is 0 Å². The third kappa shape index (κ3) is 5.09. The van der Waals surface area contributed by atoms with Crippen LogP contribution in [0, 0.1) is 0 Å². The van der Waals surface area contributed by atoms with Crippen LogP contribution in [0.15, 0.2) is 200 Å². The van der Waals surface area contributed by atoms with Gasteiger partial charge < -0.3 is 9.47 Å². The number of anilines is 3. The van der Waals surface area contributed by atoms with Gasteiger partial charge in [-0.3, -0.25) is 0 Å². The molecule has 55 heavy (non-hydrogen) atoms. The Hall–Kier alpha value is -6.64. The molecule has 10 rings (SSSR count). The van der Waals surface area contributed by atoms with E-state index in [0.717, 1.165) is 22.7 Å². The summed E-state index contributed by atoms with van der Waals surface area (Å²) in [5, 5.41) is 2.47. The minimum absolute atomic E-state index is 0.0666. The van der Waals surface area contributed by atoms with E-state index in [1.54, 1.807) is 0 Å². The topological polar surface area (TPSA) is 8.17 Å². The molecule has 0 spiro atoms. The second kappa shape index (κ2) is 12.7. The zero-order chi connectivity index (χ0) is 37.1. The molecule has 8 aromatic carbocycles. The van der Waals surface area contributed by atoms with Crippen LogP contribution in [0.1, 0.15) is 48.6 Å². The van der Waals surface area contributed by atoms with Gasteiger partial charge in [-0.05, 0) is 92.9 Å². The third-order valence-electron chi connectivity index (χ3n) is 11.6. The molecule has 0 atom stereocenters. The summed E-state index contributed by atoms with van der Waals surface area (Å²) < 4.78 is 2.46. The second-order valence-electron chi connectivity index (χ2n) is 15.8. The van der Waals surface area contributed by atoms with Gasteiger partial charge in [-0.25, -0.2) is 0 Å². The fraction of sp³-hybridized carbons (Fsp3) is 0.0943. The van der Waals surface area contributed by atoms with Crippen molar-refractivity contribution in [2.75, 3.05) is 4.90 Å². The Kier molecular flexibility index (Phi) is 7.64. The van der Waals surface area contributed by atoms with Gasteiger partial charge in [-0.2, -0.15) is 0 Å². The Bertz CT molecular complexity index is 2790. The van der Waals surface area contributed by atoms with E-state index in [-0.39, 0.29) is 5.41 Å². The second-order valence-corrected chi connectivity index (χ2v) is 15.8. The first-order chi connectivity index (χ1) is 26.9. The van der Waals surface area contributed by atoms with Crippen molar-refractivity contribution in [1.82, 2.24) is 4.57 Å². The summed E-state index contributed by atoms with van der Waals surface area (Å²) in [7, 11) is 0. The molecule has 0 saturated heterocycles. The molecular weight excluding hydrogens is 665 g/mol. The van der Waals surface area contributed by atoms with Gasteiger partial charge in [0.15, 0.2) is 0 Å². The molecule has 0 bridgehead atoms. The zero-order valence-corrected chi connectivity index (χ0v) is 31.4. The molecule has 2 nitrogen and oxygen atoms in total. The molecule has 0 unspecified atom stereocenters. The summed E-state index contributed by atoms with van der Waals surface area (Å²) >= 11 is 0. The van der Waals surface area contributed by atoms with Crippen molar-refractivity contribution in [2.24, 2.45) is 0 Å². The predicted octanol–water partition coefficient (Wildman–Crippen LogP) is 13.9. The smallest absolute Gasteiger partial charge is 0.0782 e. The van der Waals surface area contributed by atoms with E-state index in [4.69, 9.17) is 0 Å². The van der Waals surface area contributed by atoms with Crippen molar-refractivity contribution in [3.8, 4) is 16.8 Å². The first kappa shape index (κ1) is 33.0. The van der Waals surface area contributed by atoms with Crippen LogP contribution in [0.5, 0.6) is 0 Å². The van der Waals surface area contributed by atoms with Crippen LogP contribution in [0.3, 0.4) is 0 Å². The normalized spacial score (nSPS) is 13.1. The van der Waals surface area contributed by atoms with E-state index in [0.29, 0.717) is 0 Å². The van der Waals surface area contributed by atoms with Crippen molar-refractivity contribution in [3.63, 3.8) is 0 Å². The lowest BCUT2D eigenvalue weighted by molar-refractivity contribution is 0.590. The molecule has 0 N–H and O–H groups in total. The first-order valence-electron chi connectivity index (χ1n) is 19.3. The summed E-state index contributed by atoms with van der Waals surface area (Å²) in [5.74, 6) is 0. The van der Waals surface area contributed by atoms with Crippen LogP contribution in [0.4, 0.5) is 17.1 Å². The molecule has 0 fully saturated rings. The zero-order valence-electron chi connectivity index (χ0n) is 31.4. The average molecular weight is 707 g/mol. The van der Waals surface area contributed by atoms with Gasteiger partial charge in [0, 0.05) is 27.8 Å². The largest absolute Gasteiger partial charge is 0.308 e. The van der Waals surface area contributed by atoms with Crippen molar-refractivity contribution < 1.29 is 0 Å². The first-order valence-corrected chi connectivity index (χ1v) is 19.3. The third-order valence-corrected chi connectivity index (χ3v) is 11.6. The number of rotatable bonds is 6. The summed E-state index contributed by atoms with van der Waals surface area (Å²) in [6.07, 6.45) is 0. The molecule has 9 aromatic rings. The highest BCUT2D eigenvalue weighted by molar-refractivity contribution is 6.14. The Balaban J connectivity index is 1.26. The average Bonchev–Trinajstić information content (AvgIpc) is 3.73. The molecule has 1 heterocycles. The SMILES string of the molecule is CC(C)(C)c1ccc(-n2c3ccccc3c3cccc(N(c4ccccc4)c4cccc(C5(c6ccccc6)c6ccccc6-c6ccccc65)c4)c32)cc1. The van der Waals surface area contributed by atoms with Gasteiger partial charge in [0.2, 0.25) is 0 Å². The van der Waals surface area contributed by atoms with Gasteiger partial charge in [0.1, 0.15) is 0 Å². The molecule has 0 amide bonds. The van der Waals surface area contributed by atoms with Crippen molar-refractivity contribution in [2.45, 2.75) is 31.6 Å². The van der Waals surface area contributed by atoms with Gasteiger partial charge in [-0.15, -0.1) is 0 Å². The quantitative estimate of drug-likeness (QED) is 0.167. The Morgan fingerprint density at radius 3 is 1.69 bits per heavy atom. The maximum absolute atomic E-state index is 2.46. The standard InChI is InChI=1S/C53H42N2/c1-52(2,3)37-32-34-41(35-33-37)55-49-30-15-12-26-45(49)46-27-17-31-50(51(46)55)54(40-21-8-5-9-22-40)42-23-16-20-39(36-42)53(38-18-6-4-7-19-38)47-28-13-10-24-43(47)44-25-11-14-29-48(44)53/h4-36H,1-3H3. The van der Waals surface area contributed by atoms with Crippen LogP contribution < -0.4 is 4.90 Å². The lowest BCUT2D eigenvalue weighted by Crippen LogP contribution is -2.28. The molecule has 0 saturated carbocycles. The van der Waals surface area contributed by atoms with E-state index >= 15 is 0 Å². The number of hydrogen-bond acceptors (Lipinski definition) is 1. The number of nitrogens with zero attached hydrogens (tertiary/aromatic N) is 2. The monoisotopic (exact) mass is 706 g/mol. The lowest BCUT2D eigenvalue weighted by atomic mass is 9.67. The minimum Gasteiger partial charge on any atom is -0.308 e. The van der Waals surface area contributed by atoms with Crippen LogP contribution in [0.25, 0.3) is 38.6 Å². The fourth-order valence-corrected chi connectivity index (χ4v) is 9.15. The number of aromatic nitrogens is 1. The van der Waals surface area contributed by atoms with E-state index in [1.165, 1.54) is 60.8 Å². The molecule has 1 aliphatic rings. The predicted molar refractivity (Wildman–Crippen MR) is 231 cm³/mol. The van der Waals surface area contributed by atoms with E-state index in [2.05, 4.69) is 230 Å². The van der Waals surface area contributed by atoms with Crippen LogP contribution in [-0.2, 0) is 10.8 Å². The summed E-state index contributed by atoms with van der Waals surface area (Å²) in [5.41, 5.74) is 15.4. The highest BCUT2D eigenvalue weighted by Crippen LogP contribution is 2.56. The van der Waals surface area contributed by atoms with Crippen molar-refractivity contribution in [1.29, 1.82) is 0 Å². The number of para-hydroxylation sites is 3. The summed E-state index contributed by atoms with van der Waals surface area (Å²) in [6, 6.07) is 73.9. The highest BCUT2D eigenvalue weighted by atomic mass is 15.2. The summed E-state index contributed by atoms with van der Waals surface area (Å²) in [6.45, 7) is 6.82. The van der Waals surface area contributed by atoms with E-state index < -0.39 is 5.41 Å². The van der Waals surface area contributed by atoms with Crippen LogP contribution in [-0.4, -0.2) is 4.57 Å².